The van der Waals surface area contributed by atoms with Gasteiger partial charge in [0.15, 0.2) is 0 Å². The predicted octanol–water partition coefficient (Wildman–Crippen LogP) is 2.13. The van der Waals surface area contributed by atoms with E-state index in [1.807, 2.05) is 0 Å². The highest BCUT2D eigenvalue weighted by molar-refractivity contribution is 6.30. The average molecular weight is 324 g/mol. The van der Waals surface area contributed by atoms with Crippen LogP contribution in [0.5, 0.6) is 0 Å². The molecule has 1 fully saturated rings. The summed E-state index contributed by atoms with van der Waals surface area (Å²) in [6.45, 7) is 2.08. The van der Waals surface area contributed by atoms with Crippen LogP contribution < -0.4 is 10.6 Å². The molecule has 0 spiro atoms. The van der Waals surface area contributed by atoms with Gasteiger partial charge in [0.1, 0.15) is 0 Å². The van der Waals surface area contributed by atoms with E-state index in [1.165, 1.54) is 4.90 Å². The highest BCUT2D eigenvalue weighted by Gasteiger charge is 2.18. The van der Waals surface area contributed by atoms with Crippen LogP contribution in [0.3, 0.4) is 0 Å². The SMILES string of the molecule is CN(CC(=O)Nc1cccc(Cl)c1)C(=O)CCC1CCNC1. The molecular formula is C16H22ClN3O2. The van der Waals surface area contributed by atoms with E-state index in [-0.39, 0.29) is 18.4 Å². The Balaban J connectivity index is 1.73. The molecule has 0 aromatic heterocycles. The fraction of sp³-hybridized carbons (Fsp3) is 0.500. The molecule has 1 aromatic carbocycles. The molecular weight excluding hydrogens is 302 g/mol. The summed E-state index contributed by atoms with van der Waals surface area (Å²) in [6, 6.07) is 6.94. The number of hydrogen-bond donors (Lipinski definition) is 2. The standard InChI is InChI=1S/C16H22ClN3O2/c1-20(16(22)6-5-12-7-8-18-10-12)11-15(21)19-14-4-2-3-13(17)9-14/h2-4,9,12,18H,5-8,10-11H2,1H3,(H,19,21). The van der Waals surface area contributed by atoms with Crippen LogP contribution >= 0.6 is 11.6 Å². The van der Waals surface area contributed by atoms with E-state index in [2.05, 4.69) is 10.6 Å². The molecule has 1 atom stereocenters. The van der Waals surface area contributed by atoms with Crippen LogP contribution in [0.4, 0.5) is 5.69 Å². The quantitative estimate of drug-likeness (QED) is 0.843. The van der Waals surface area contributed by atoms with Crippen molar-refractivity contribution in [2.75, 3.05) is 32.0 Å². The number of carbonyl (C=O) groups excluding carboxylic acids is 2. The number of nitrogens with one attached hydrogen (secondary N) is 2. The van der Waals surface area contributed by atoms with Gasteiger partial charge in [0.25, 0.3) is 0 Å². The maximum absolute atomic E-state index is 12.0. The topological polar surface area (TPSA) is 61.4 Å². The highest BCUT2D eigenvalue weighted by atomic mass is 35.5. The van der Waals surface area contributed by atoms with Crippen molar-refractivity contribution < 1.29 is 9.59 Å². The molecule has 1 aliphatic heterocycles. The van der Waals surface area contributed by atoms with Crippen LogP contribution in [0.15, 0.2) is 24.3 Å². The maximum atomic E-state index is 12.0. The van der Waals surface area contributed by atoms with Crippen LogP contribution in [0.25, 0.3) is 0 Å². The fourth-order valence-corrected chi connectivity index (χ4v) is 2.74. The van der Waals surface area contributed by atoms with Crippen molar-refractivity contribution in [2.45, 2.75) is 19.3 Å². The first-order chi connectivity index (χ1) is 10.5. The molecule has 2 N–H and O–H groups in total. The van der Waals surface area contributed by atoms with E-state index < -0.39 is 0 Å². The Hall–Kier alpha value is -1.59. The van der Waals surface area contributed by atoms with Crippen molar-refractivity contribution in [3.8, 4) is 0 Å². The van der Waals surface area contributed by atoms with E-state index >= 15 is 0 Å². The zero-order valence-corrected chi connectivity index (χ0v) is 13.5. The van der Waals surface area contributed by atoms with Gasteiger partial charge >= 0.3 is 0 Å². The number of amides is 2. The Kier molecular flexibility index (Phi) is 6.21. The minimum atomic E-state index is -0.222. The second-order valence-electron chi connectivity index (χ2n) is 5.71. The van der Waals surface area contributed by atoms with E-state index in [0.29, 0.717) is 23.0 Å². The lowest BCUT2D eigenvalue weighted by molar-refractivity contribution is -0.133. The number of benzene rings is 1. The zero-order chi connectivity index (χ0) is 15.9. The first kappa shape index (κ1) is 16.8. The molecule has 2 rings (SSSR count). The second kappa shape index (κ2) is 8.15. The van der Waals surface area contributed by atoms with Gasteiger partial charge in [0.2, 0.25) is 11.8 Å². The van der Waals surface area contributed by atoms with Gasteiger partial charge in [0, 0.05) is 24.2 Å². The smallest absolute Gasteiger partial charge is 0.243 e. The van der Waals surface area contributed by atoms with E-state index in [1.54, 1.807) is 31.3 Å². The molecule has 0 aliphatic carbocycles. The van der Waals surface area contributed by atoms with Crippen LogP contribution in [-0.2, 0) is 9.59 Å². The van der Waals surface area contributed by atoms with Gasteiger partial charge in [-0.2, -0.15) is 0 Å². The van der Waals surface area contributed by atoms with Crippen LogP contribution in [-0.4, -0.2) is 43.4 Å². The molecule has 1 aliphatic rings. The number of halogens is 1. The third-order valence-electron chi connectivity index (χ3n) is 3.84. The molecule has 6 heteroatoms. The van der Waals surface area contributed by atoms with Gasteiger partial charge in [-0.1, -0.05) is 17.7 Å². The van der Waals surface area contributed by atoms with Gasteiger partial charge in [-0.15, -0.1) is 0 Å². The Morgan fingerprint density at radius 3 is 2.95 bits per heavy atom. The summed E-state index contributed by atoms with van der Waals surface area (Å²) in [6.07, 6.45) is 2.51. The molecule has 1 heterocycles. The van der Waals surface area contributed by atoms with E-state index in [4.69, 9.17) is 11.6 Å². The first-order valence-electron chi connectivity index (χ1n) is 7.54. The lowest BCUT2D eigenvalue weighted by Crippen LogP contribution is -2.35. The van der Waals surface area contributed by atoms with E-state index in [9.17, 15) is 9.59 Å². The van der Waals surface area contributed by atoms with Crippen molar-refractivity contribution in [3.05, 3.63) is 29.3 Å². The number of hydrogen-bond acceptors (Lipinski definition) is 3. The number of anilines is 1. The molecule has 2 amide bonds. The number of carbonyl (C=O) groups is 2. The summed E-state index contributed by atoms with van der Waals surface area (Å²) in [5.74, 6) is 0.367. The normalized spacial score (nSPS) is 17.3. The fourth-order valence-electron chi connectivity index (χ4n) is 2.55. The predicted molar refractivity (Wildman–Crippen MR) is 87.9 cm³/mol. The summed E-state index contributed by atoms with van der Waals surface area (Å²) < 4.78 is 0. The van der Waals surface area contributed by atoms with Crippen LogP contribution in [0.1, 0.15) is 19.3 Å². The average Bonchev–Trinajstić information content (AvgIpc) is 2.97. The van der Waals surface area contributed by atoms with E-state index in [0.717, 1.165) is 25.9 Å². The number of nitrogens with zero attached hydrogens (tertiary/aromatic N) is 1. The van der Waals surface area contributed by atoms with Crippen molar-refractivity contribution in [1.82, 2.24) is 10.2 Å². The molecule has 0 saturated carbocycles. The van der Waals surface area contributed by atoms with Crippen molar-refractivity contribution in [3.63, 3.8) is 0 Å². The molecule has 1 saturated heterocycles. The van der Waals surface area contributed by atoms with Gasteiger partial charge in [-0.05, 0) is 50.0 Å². The summed E-state index contributed by atoms with van der Waals surface area (Å²) in [4.78, 5) is 25.5. The molecule has 1 aromatic rings. The van der Waals surface area contributed by atoms with Gasteiger partial charge in [-0.25, -0.2) is 0 Å². The third kappa shape index (κ3) is 5.31. The van der Waals surface area contributed by atoms with Gasteiger partial charge in [0.05, 0.1) is 6.54 Å². The molecule has 5 nitrogen and oxygen atoms in total. The summed E-state index contributed by atoms with van der Waals surface area (Å²) >= 11 is 5.87. The van der Waals surface area contributed by atoms with Crippen LogP contribution in [0, 0.1) is 5.92 Å². The lowest BCUT2D eigenvalue weighted by atomic mass is 10.0. The van der Waals surface area contributed by atoms with Crippen molar-refractivity contribution in [1.29, 1.82) is 0 Å². The van der Waals surface area contributed by atoms with Gasteiger partial charge < -0.3 is 15.5 Å². The zero-order valence-electron chi connectivity index (χ0n) is 12.8. The minimum absolute atomic E-state index is 0.00754. The third-order valence-corrected chi connectivity index (χ3v) is 4.08. The molecule has 1 unspecified atom stereocenters. The Morgan fingerprint density at radius 1 is 1.45 bits per heavy atom. The van der Waals surface area contributed by atoms with Gasteiger partial charge in [-0.3, -0.25) is 9.59 Å². The summed E-state index contributed by atoms with van der Waals surface area (Å²) in [7, 11) is 1.66. The second-order valence-corrected chi connectivity index (χ2v) is 6.14. The maximum Gasteiger partial charge on any atom is 0.243 e. The Labute approximate surface area is 136 Å². The molecule has 22 heavy (non-hydrogen) atoms. The molecule has 0 radical (unpaired) electrons. The number of rotatable bonds is 6. The first-order valence-corrected chi connectivity index (χ1v) is 7.92. The van der Waals surface area contributed by atoms with Crippen molar-refractivity contribution in [2.24, 2.45) is 5.92 Å². The molecule has 0 bridgehead atoms. The number of likely N-dealkylation sites (N-methyl/N-ethyl adjacent to an activating group) is 1. The largest absolute Gasteiger partial charge is 0.336 e. The highest BCUT2D eigenvalue weighted by Crippen LogP contribution is 2.16. The lowest BCUT2D eigenvalue weighted by Gasteiger charge is -2.18. The van der Waals surface area contributed by atoms with Crippen LogP contribution in [0.2, 0.25) is 5.02 Å². The Bertz CT molecular complexity index is 530. The monoisotopic (exact) mass is 323 g/mol. The molecule has 120 valence electrons. The Morgan fingerprint density at radius 2 is 2.27 bits per heavy atom. The minimum Gasteiger partial charge on any atom is -0.336 e. The summed E-state index contributed by atoms with van der Waals surface area (Å²) in [5, 5.41) is 6.59. The van der Waals surface area contributed by atoms with Crippen molar-refractivity contribution >= 4 is 29.1 Å². The summed E-state index contributed by atoms with van der Waals surface area (Å²) in [5.41, 5.74) is 0.635.